The summed E-state index contributed by atoms with van der Waals surface area (Å²) in [5, 5.41) is 17.9. The van der Waals surface area contributed by atoms with E-state index in [1.807, 2.05) is 6.07 Å². The first kappa shape index (κ1) is 12.3. The van der Waals surface area contributed by atoms with E-state index in [4.69, 9.17) is 20.5 Å². The second-order valence-corrected chi connectivity index (χ2v) is 3.18. The Morgan fingerprint density at radius 3 is 2.81 bits per heavy atom. The molecule has 0 aliphatic rings. The van der Waals surface area contributed by atoms with Crippen molar-refractivity contribution in [3.05, 3.63) is 23.8 Å². The van der Waals surface area contributed by atoms with Gasteiger partial charge in [-0.15, -0.1) is 0 Å². The number of methoxy groups -OCH3 is 1. The minimum atomic E-state index is -0.708. The van der Waals surface area contributed by atoms with Gasteiger partial charge in [0.15, 0.2) is 11.5 Å². The van der Waals surface area contributed by atoms with E-state index in [0.717, 1.165) is 0 Å². The van der Waals surface area contributed by atoms with Crippen LogP contribution >= 0.6 is 0 Å². The molecular formula is C11H14N2O3. The van der Waals surface area contributed by atoms with E-state index in [1.54, 1.807) is 18.2 Å². The van der Waals surface area contributed by atoms with Crippen LogP contribution in [0.1, 0.15) is 5.56 Å². The highest BCUT2D eigenvalue weighted by Gasteiger charge is 2.08. The van der Waals surface area contributed by atoms with Crippen LogP contribution in [0.25, 0.3) is 0 Å². The molecule has 0 saturated carbocycles. The van der Waals surface area contributed by atoms with E-state index in [-0.39, 0.29) is 13.2 Å². The maximum absolute atomic E-state index is 9.24. The number of aliphatic hydroxyl groups excluding tert-OH is 1. The van der Waals surface area contributed by atoms with E-state index in [9.17, 15) is 5.11 Å². The Morgan fingerprint density at radius 1 is 1.50 bits per heavy atom. The van der Waals surface area contributed by atoms with E-state index in [1.165, 1.54) is 7.11 Å². The number of aliphatic hydroxyl groups is 1. The van der Waals surface area contributed by atoms with Gasteiger partial charge in [0.25, 0.3) is 0 Å². The van der Waals surface area contributed by atoms with E-state index >= 15 is 0 Å². The number of nitrogens with zero attached hydrogens (tertiary/aromatic N) is 1. The topological polar surface area (TPSA) is 88.5 Å². The first-order chi connectivity index (χ1) is 7.71. The van der Waals surface area contributed by atoms with Crippen molar-refractivity contribution < 1.29 is 14.6 Å². The lowest BCUT2D eigenvalue weighted by molar-refractivity contribution is 0.112. The van der Waals surface area contributed by atoms with Gasteiger partial charge in [0.2, 0.25) is 0 Å². The Bertz CT molecular complexity index is 387. The fourth-order valence-corrected chi connectivity index (χ4v) is 1.11. The summed E-state index contributed by atoms with van der Waals surface area (Å²) in [7, 11) is 1.49. The molecule has 0 aliphatic heterocycles. The highest BCUT2D eigenvalue weighted by atomic mass is 16.5. The van der Waals surface area contributed by atoms with Gasteiger partial charge >= 0.3 is 0 Å². The van der Waals surface area contributed by atoms with E-state index in [0.29, 0.717) is 17.1 Å². The van der Waals surface area contributed by atoms with Crippen molar-refractivity contribution in [1.82, 2.24) is 0 Å². The van der Waals surface area contributed by atoms with Gasteiger partial charge in [-0.05, 0) is 12.1 Å². The van der Waals surface area contributed by atoms with Crippen LogP contribution in [0.2, 0.25) is 0 Å². The number of ether oxygens (including phenoxy) is 2. The normalized spacial score (nSPS) is 11.6. The van der Waals surface area contributed by atoms with Crippen molar-refractivity contribution in [3.8, 4) is 17.6 Å². The van der Waals surface area contributed by atoms with Crippen LogP contribution in [0, 0.1) is 11.3 Å². The molecule has 5 heteroatoms. The third kappa shape index (κ3) is 3.12. The number of nitriles is 1. The third-order valence-corrected chi connectivity index (χ3v) is 2.00. The molecule has 1 rings (SSSR count). The predicted molar refractivity (Wildman–Crippen MR) is 58.3 cm³/mol. The van der Waals surface area contributed by atoms with Crippen molar-refractivity contribution in [1.29, 1.82) is 5.26 Å². The van der Waals surface area contributed by atoms with Crippen LogP contribution in [0.3, 0.4) is 0 Å². The molecule has 0 saturated heterocycles. The molecule has 1 aromatic rings. The van der Waals surface area contributed by atoms with Crippen LogP contribution in [0.5, 0.6) is 11.5 Å². The van der Waals surface area contributed by atoms with Gasteiger partial charge in [-0.25, -0.2) is 0 Å². The third-order valence-electron chi connectivity index (χ3n) is 2.00. The molecule has 5 nitrogen and oxygen atoms in total. The summed E-state index contributed by atoms with van der Waals surface area (Å²) in [6.07, 6.45) is -0.708. The van der Waals surface area contributed by atoms with Crippen molar-refractivity contribution in [3.63, 3.8) is 0 Å². The Labute approximate surface area is 94.0 Å². The molecule has 0 amide bonds. The first-order valence-corrected chi connectivity index (χ1v) is 4.80. The predicted octanol–water partition coefficient (Wildman–Crippen LogP) is 0.265. The summed E-state index contributed by atoms with van der Waals surface area (Å²) in [5.41, 5.74) is 5.74. The summed E-state index contributed by atoms with van der Waals surface area (Å²) < 4.78 is 10.4. The van der Waals surface area contributed by atoms with Crippen molar-refractivity contribution in [2.24, 2.45) is 5.73 Å². The molecule has 0 aliphatic carbocycles. The zero-order valence-corrected chi connectivity index (χ0v) is 9.01. The second-order valence-electron chi connectivity index (χ2n) is 3.18. The number of nitrogens with two attached hydrogens (primary N) is 1. The van der Waals surface area contributed by atoms with Crippen LogP contribution in [0.15, 0.2) is 18.2 Å². The van der Waals surface area contributed by atoms with Crippen LogP contribution < -0.4 is 15.2 Å². The molecule has 0 aromatic heterocycles. The highest BCUT2D eigenvalue weighted by Crippen LogP contribution is 2.27. The monoisotopic (exact) mass is 222 g/mol. The molecule has 0 spiro atoms. The average molecular weight is 222 g/mol. The number of hydrogen-bond donors (Lipinski definition) is 2. The minimum absolute atomic E-state index is 0.0960. The lowest BCUT2D eigenvalue weighted by Crippen LogP contribution is -2.26. The van der Waals surface area contributed by atoms with Gasteiger partial charge in [-0.1, -0.05) is 0 Å². The van der Waals surface area contributed by atoms with Gasteiger partial charge < -0.3 is 20.3 Å². The Morgan fingerprint density at radius 2 is 2.25 bits per heavy atom. The molecule has 3 N–H and O–H groups in total. The van der Waals surface area contributed by atoms with Crippen LogP contribution in [-0.2, 0) is 0 Å². The summed E-state index contributed by atoms with van der Waals surface area (Å²) >= 11 is 0. The molecule has 0 bridgehead atoms. The lowest BCUT2D eigenvalue weighted by atomic mass is 10.2. The van der Waals surface area contributed by atoms with E-state index < -0.39 is 6.10 Å². The zero-order chi connectivity index (χ0) is 12.0. The SMILES string of the molecule is COc1cc(C#N)ccc1OCC(O)CN. The largest absolute Gasteiger partial charge is 0.493 e. The van der Waals surface area contributed by atoms with Crippen molar-refractivity contribution in [2.75, 3.05) is 20.3 Å². The maximum Gasteiger partial charge on any atom is 0.162 e. The Balaban J connectivity index is 2.76. The fraction of sp³-hybridized carbons (Fsp3) is 0.364. The van der Waals surface area contributed by atoms with Crippen molar-refractivity contribution >= 4 is 0 Å². The quantitative estimate of drug-likeness (QED) is 0.746. The molecule has 1 unspecified atom stereocenters. The molecular weight excluding hydrogens is 208 g/mol. The first-order valence-electron chi connectivity index (χ1n) is 4.80. The molecule has 86 valence electrons. The van der Waals surface area contributed by atoms with Crippen LogP contribution in [-0.4, -0.2) is 31.5 Å². The Hall–Kier alpha value is -1.77. The molecule has 0 heterocycles. The average Bonchev–Trinajstić information content (AvgIpc) is 2.35. The number of benzene rings is 1. The molecule has 0 radical (unpaired) electrons. The van der Waals surface area contributed by atoms with Crippen molar-refractivity contribution in [2.45, 2.75) is 6.10 Å². The molecule has 1 atom stereocenters. The molecule has 1 aromatic carbocycles. The summed E-state index contributed by atoms with van der Waals surface area (Å²) in [6.45, 7) is 0.233. The maximum atomic E-state index is 9.24. The fourth-order valence-electron chi connectivity index (χ4n) is 1.11. The van der Waals surface area contributed by atoms with Gasteiger partial charge in [0.1, 0.15) is 12.7 Å². The van der Waals surface area contributed by atoms with Gasteiger partial charge in [0, 0.05) is 12.6 Å². The standard InChI is InChI=1S/C11H14N2O3/c1-15-11-4-8(5-12)2-3-10(11)16-7-9(14)6-13/h2-4,9,14H,6-7,13H2,1H3. The minimum Gasteiger partial charge on any atom is -0.493 e. The molecule has 16 heavy (non-hydrogen) atoms. The summed E-state index contributed by atoms with van der Waals surface area (Å²) in [4.78, 5) is 0. The number of hydrogen-bond acceptors (Lipinski definition) is 5. The smallest absolute Gasteiger partial charge is 0.162 e. The number of rotatable bonds is 5. The van der Waals surface area contributed by atoms with E-state index in [2.05, 4.69) is 0 Å². The van der Waals surface area contributed by atoms with Gasteiger partial charge in [-0.2, -0.15) is 5.26 Å². The lowest BCUT2D eigenvalue weighted by Gasteiger charge is -2.13. The zero-order valence-electron chi connectivity index (χ0n) is 9.01. The van der Waals surface area contributed by atoms with Gasteiger partial charge in [-0.3, -0.25) is 0 Å². The highest BCUT2D eigenvalue weighted by molar-refractivity contribution is 5.46. The molecule has 0 fully saturated rings. The second kappa shape index (κ2) is 5.95. The van der Waals surface area contributed by atoms with Gasteiger partial charge in [0.05, 0.1) is 18.7 Å². The summed E-state index contributed by atoms with van der Waals surface area (Å²) in [6, 6.07) is 6.82. The summed E-state index contributed by atoms with van der Waals surface area (Å²) in [5.74, 6) is 0.942. The Kier molecular flexibility index (Phi) is 4.58. The van der Waals surface area contributed by atoms with Crippen LogP contribution in [0.4, 0.5) is 0 Å².